The van der Waals surface area contributed by atoms with Crippen molar-refractivity contribution in [1.29, 1.82) is 0 Å². The topological polar surface area (TPSA) is 93.3 Å². The molecule has 0 aliphatic rings. The summed E-state index contributed by atoms with van der Waals surface area (Å²) in [5, 5.41) is 16.8. The van der Waals surface area contributed by atoms with E-state index in [9.17, 15) is 9.00 Å². The van der Waals surface area contributed by atoms with Gasteiger partial charge in [-0.25, -0.2) is 4.79 Å². The van der Waals surface area contributed by atoms with Crippen LogP contribution in [-0.2, 0) is 23.0 Å². The van der Waals surface area contributed by atoms with Crippen LogP contribution in [-0.4, -0.2) is 31.2 Å². The molecule has 0 radical (unpaired) electrons. The molecule has 1 unspecified atom stereocenters. The van der Waals surface area contributed by atoms with Gasteiger partial charge in [0.25, 0.3) is 0 Å². The molecule has 1 N–H and O–H groups in total. The highest BCUT2D eigenvalue weighted by atomic mass is 32.2. The molecule has 2 aromatic carbocycles. The summed E-state index contributed by atoms with van der Waals surface area (Å²) in [5.74, 6) is 0.404. The van der Waals surface area contributed by atoms with Crippen LogP contribution >= 0.6 is 0 Å². The fourth-order valence-electron chi connectivity index (χ4n) is 2.48. The highest BCUT2D eigenvalue weighted by molar-refractivity contribution is 7.84. The van der Waals surface area contributed by atoms with Crippen LogP contribution < -0.4 is 0 Å². The standard InChI is InChI=1S/C19H18N2O4S/c22-19(23)16-10-8-15(9-11-16)18-21-20-17(25-18)13-26(24)12-4-7-14-5-2-1-3-6-14/h1-3,5-6,8-11H,4,7,12-13H2,(H,22,23). The van der Waals surface area contributed by atoms with Crippen LogP contribution in [0.4, 0.5) is 0 Å². The molecule has 134 valence electrons. The van der Waals surface area contributed by atoms with Crippen molar-refractivity contribution in [2.75, 3.05) is 5.75 Å². The summed E-state index contributed by atoms with van der Waals surface area (Å²) in [5.41, 5.74) is 2.05. The minimum atomic E-state index is -1.07. The van der Waals surface area contributed by atoms with Gasteiger partial charge in [-0.2, -0.15) is 0 Å². The fourth-order valence-corrected chi connectivity index (χ4v) is 3.48. The van der Waals surface area contributed by atoms with Gasteiger partial charge in [-0.1, -0.05) is 30.3 Å². The smallest absolute Gasteiger partial charge is 0.335 e. The monoisotopic (exact) mass is 370 g/mol. The number of hydrogen-bond acceptors (Lipinski definition) is 5. The molecule has 7 heteroatoms. The maximum absolute atomic E-state index is 12.2. The summed E-state index contributed by atoms with van der Waals surface area (Å²) in [6, 6.07) is 16.3. The van der Waals surface area contributed by atoms with E-state index in [1.54, 1.807) is 12.1 Å². The first-order chi connectivity index (χ1) is 12.6. The molecule has 1 atom stereocenters. The van der Waals surface area contributed by atoms with Gasteiger partial charge in [-0.3, -0.25) is 4.21 Å². The van der Waals surface area contributed by atoms with E-state index in [4.69, 9.17) is 9.52 Å². The Hall–Kier alpha value is -2.80. The number of benzene rings is 2. The van der Waals surface area contributed by atoms with E-state index >= 15 is 0 Å². The molecule has 0 saturated carbocycles. The molecule has 0 bridgehead atoms. The molecule has 3 aromatic rings. The first-order valence-electron chi connectivity index (χ1n) is 8.17. The zero-order chi connectivity index (χ0) is 18.4. The van der Waals surface area contributed by atoms with E-state index in [1.165, 1.54) is 17.7 Å². The van der Waals surface area contributed by atoms with Gasteiger partial charge in [0.1, 0.15) is 5.75 Å². The third-order valence-electron chi connectivity index (χ3n) is 3.81. The number of carbonyl (C=O) groups is 1. The van der Waals surface area contributed by atoms with Crippen molar-refractivity contribution < 1.29 is 18.5 Å². The number of aryl methyl sites for hydroxylation is 1. The minimum Gasteiger partial charge on any atom is -0.478 e. The van der Waals surface area contributed by atoms with E-state index in [-0.39, 0.29) is 11.3 Å². The normalized spacial score (nSPS) is 12.0. The average Bonchev–Trinajstić information content (AvgIpc) is 3.11. The largest absolute Gasteiger partial charge is 0.478 e. The molecule has 6 nitrogen and oxygen atoms in total. The van der Waals surface area contributed by atoms with Crippen LogP contribution in [0.3, 0.4) is 0 Å². The second-order valence-electron chi connectivity index (χ2n) is 5.76. The van der Waals surface area contributed by atoms with Crippen molar-refractivity contribution in [2.45, 2.75) is 18.6 Å². The maximum Gasteiger partial charge on any atom is 0.335 e. The Kier molecular flexibility index (Phi) is 5.91. The molecule has 0 spiro atoms. The number of aromatic carboxylic acids is 1. The molecule has 0 saturated heterocycles. The summed E-state index contributed by atoms with van der Waals surface area (Å²) >= 11 is 0. The van der Waals surface area contributed by atoms with Crippen LogP contribution in [0.5, 0.6) is 0 Å². The number of carboxylic acids is 1. The predicted octanol–water partition coefficient (Wildman–Crippen LogP) is 3.32. The highest BCUT2D eigenvalue weighted by Crippen LogP contribution is 2.19. The second-order valence-corrected chi connectivity index (χ2v) is 7.34. The van der Waals surface area contributed by atoms with Crippen molar-refractivity contribution in [3.63, 3.8) is 0 Å². The van der Waals surface area contributed by atoms with Crippen molar-refractivity contribution in [3.05, 3.63) is 71.6 Å². The van der Waals surface area contributed by atoms with E-state index in [2.05, 4.69) is 22.3 Å². The lowest BCUT2D eigenvalue weighted by Gasteiger charge is -2.01. The zero-order valence-corrected chi connectivity index (χ0v) is 14.8. The van der Waals surface area contributed by atoms with Gasteiger partial charge in [0, 0.05) is 22.1 Å². The van der Waals surface area contributed by atoms with Gasteiger partial charge in [0.15, 0.2) is 0 Å². The summed E-state index contributed by atoms with van der Waals surface area (Å²) in [4.78, 5) is 10.9. The van der Waals surface area contributed by atoms with Crippen LogP contribution in [0.15, 0.2) is 59.0 Å². The van der Waals surface area contributed by atoms with Gasteiger partial charge in [0.2, 0.25) is 11.8 Å². The van der Waals surface area contributed by atoms with Gasteiger partial charge in [-0.15, -0.1) is 10.2 Å². The highest BCUT2D eigenvalue weighted by Gasteiger charge is 2.12. The Labute approximate surface area is 153 Å². The van der Waals surface area contributed by atoms with Gasteiger partial charge >= 0.3 is 5.97 Å². The third kappa shape index (κ3) is 4.86. The van der Waals surface area contributed by atoms with Crippen LogP contribution in [0.1, 0.15) is 28.2 Å². The Morgan fingerprint density at radius 3 is 2.46 bits per heavy atom. The third-order valence-corrected chi connectivity index (χ3v) is 5.12. The lowest BCUT2D eigenvalue weighted by atomic mass is 10.1. The Morgan fingerprint density at radius 1 is 1.04 bits per heavy atom. The molecular formula is C19H18N2O4S. The maximum atomic E-state index is 12.2. The van der Waals surface area contributed by atoms with E-state index in [1.807, 2.05) is 18.2 Å². The molecule has 3 rings (SSSR count). The van der Waals surface area contributed by atoms with E-state index in [0.717, 1.165) is 12.8 Å². The first-order valence-corrected chi connectivity index (χ1v) is 9.65. The second kappa shape index (κ2) is 8.53. The number of carboxylic acid groups (broad SMARTS) is 1. The Bertz CT molecular complexity index is 891. The molecule has 0 fully saturated rings. The average molecular weight is 370 g/mol. The molecule has 0 aliphatic carbocycles. The van der Waals surface area contributed by atoms with Crippen molar-refractivity contribution in [2.24, 2.45) is 0 Å². The van der Waals surface area contributed by atoms with Gasteiger partial charge in [0.05, 0.1) is 5.56 Å². The van der Waals surface area contributed by atoms with Crippen LogP contribution in [0.2, 0.25) is 0 Å². The quantitative estimate of drug-likeness (QED) is 0.654. The minimum absolute atomic E-state index is 0.188. The van der Waals surface area contributed by atoms with Crippen LogP contribution in [0, 0.1) is 0 Å². The van der Waals surface area contributed by atoms with Crippen molar-refractivity contribution in [1.82, 2.24) is 10.2 Å². The van der Waals surface area contributed by atoms with Crippen LogP contribution in [0.25, 0.3) is 11.5 Å². The van der Waals surface area contributed by atoms with E-state index in [0.29, 0.717) is 23.1 Å². The first kappa shape index (κ1) is 18.0. The molecule has 0 amide bonds. The summed E-state index contributed by atoms with van der Waals surface area (Å²) in [7, 11) is -1.07. The van der Waals surface area contributed by atoms with Crippen molar-refractivity contribution in [3.8, 4) is 11.5 Å². The number of nitrogens with zero attached hydrogens (tertiary/aromatic N) is 2. The summed E-state index contributed by atoms with van der Waals surface area (Å²) in [6.45, 7) is 0. The summed E-state index contributed by atoms with van der Waals surface area (Å²) < 4.78 is 17.7. The molecule has 1 heterocycles. The van der Waals surface area contributed by atoms with Gasteiger partial charge < -0.3 is 9.52 Å². The zero-order valence-electron chi connectivity index (χ0n) is 14.0. The molecule has 26 heavy (non-hydrogen) atoms. The molecular weight excluding hydrogens is 352 g/mol. The van der Waals surface area contributed by atoms with Crippen molar-refractivity contribution >= 4 is 16.8 Å². The fraction of sp³-hybridized carbons (Fsp3) is 0.211. The van der Waals surface area contributed by atoms with E-state index < -0.39 is 16.8 Å². The lowest BCUT2D eigenvalue weighted by molar-refractivity contribution is 0.0697. The Morgan fingerprint density at radius 2 is 1.77 bits per heavy atom. The SMILES string of the molecule is O=C(O)c1ccc(-c2nnc(CS(=O)CCCc3ccccc3)o2)cc1. The lowest BCUT2D eigenvalue weighted by Crippen LogP contribution is -2.02. The number of aromatic nitrogens is 2. The molecule has 1 aromatic heterocycles. The van der Waals surface area contributed by atoms with Gasteiger partial charge in [-0.05, 0) is 42.7 Å². The number of rotatable bonds is 8. The summed E-state index contributed by atoms with van der Waals surface area (Å²) in [6.07, 6.45) is 1.71. The predicted molar refractivity (Wildman–Crippen MR) is 98.2 cm³/mol. The number of hydrogen-bond donors (Lipinski definition) is 1. The Balaban J connectivity index is 1.52. The molecule has 0 aliphatic heterocycles.